The molecule has 3 N–H and O–H groups in total. The number of rotatable bonds is 3. The normalized spacial score (nSPS) is 11.0. The molecule has 2 aromatic carbocycles. The highest BCUT2D eigenvalue weighted by Gasteiger charge is 2.33. The molecule has 24 heavy (non-hydrogen) atoms. The van der Waals surface area contributed by atoms with Crippen LogP contribution in [0, 0.1) is 0 Å². The zero-order valence-corrected chi connectivity index (χ0v) is 12.6. The summed E-state index contributed by atoms with van der Waals surface area (Å²) in [4.78, 5) is 22.5. The molecule has 0 saturated carbocycles. The van der Waals surface area contributed by atoms with Crippen molar-refractivity contribution in [3.63, 3.8) is 0 Å². The number of halogens is 4. The van der Waals surface area contributed by atoms with Gasteiger partial charge in [0.2, 0.25) is 0 Å². The third kappa shape index (κ3) is 4.39. The highest BCUT2D eigenvalue weighted by Crippen LogP contribution is 2.36. The van der Waals surface area contributed by atoms with Crippen molar-refractivity contribution >= 4 is 35.0 Å². The van der Waals surface area contributed by atoms with Gasteiger partial charge in [-0.25, -0.2) is 9.59 Å². The second-order valence-corrected chi connectivity index (χ2v) is 5.06. The summed E-state index contributed by atoms with van der Waals surface area (Å²) < 4.78 is 38.3. The molecule has 126 valence electrons. The molecule has 5 nitrogen and oxygen atoms in total. The molecule has 2 aromatic rings. The van der Waals surface area contributed by atoms with Crippen LogP contribution in [0.2, 0.25) is 5.02 Å². The van der Waals surface area contributed by atoms with E-state index in [9.17, 15) is 22.8 Å². The van der Waals surface area contributed by atoms with Crippen molar-refractivity contribution in [3.8, 4) is 0 Å². The van der Waals surface area contributed by atoms with Crippen molar-refractivity contribution in [2.75, 3.05) is 10.6 Å². The molecule has 0 saturated heterocycles. The van der Waals surface area contributed by atoms with Crippen molar-refractivity contribution in [2.24, 2.45) is 0 Å². The Balaban J connectivity index is 2.08. The van der Waals surface area contributed by atoms with Crippen LogP contribution in [0.4, 0.5) is 29.3 Å². The minimum absolute atomic E-state index is 0.0356. The standard InChI is InChI=1S/C15H10ClF3N2O3/c16-12-6-5-10(7-11(12)15(17,18)19)21-14(24)20-9-3-1-8(2-4-9)13(22)23/h1-7H,(H,22,23)(H2,20,21,24). The first-order chi connectivity index (χ1) is 11.2. The highest BCUT2D eigenvalue weighted by molar-refractivity contribution is 6.31. The van der Waals surface area contributed by atoms with Crippen molar-refractivity contribution in [1.82, 2.24) is 0 Å². The maximum absolute atomic E-state index is 12.8. The predicted octanol–water partition coefficient (Wildman–Crippen LogP) is 4.70. The van der Waals surface area contributed by atoms with E-state index in [0.29, 0.717) is 0 Å². The number of urea groups is 1. The van der Waals surface area contributed by atoms with Crippen LogP contribution in [-0.2, 0) is 6.18 Å². The molecule has 0 aliphatic heterocycles. The zero-order chi connectivity index (χ0) is 17.9. The van der Waals surface area contributed by atoms with Crippen LogP contribution in [0.15, 0.2) is 42.5 Å². The Bertz CT molecular complexity index is 777. The predicted molar refractivity (Wildman–Crippen MR) is 82.5 cm³/mol. The number of carboxylic acid groups (broad SMARTS) is 1. The number of benzene rings is 2. The van der Waals surface area contributed by atoms with Gasteiger partial charge in [-0.05, 0) is 42.5 Å². The summed E-state index contributed by atoms with van der Waals surface area (Å²) >= 11 is 5.49. The van der Waals surface area contributed by atoms with Gasteiger partial charge in [0.05, 0.1) is 16.1 Å². The summed E-state index contributed by atoms with van der Waals surface area (Å²) in [6, 6.07) is 7.46. The van der Waals surface area contributed by atoms with E-state index >= 15 is 0 Å². The number of nitrogens with one attached hydrogen (secondary N) is 2. The van der Waals surface area contributed by atoms with E-state index in [-0.39, 0.29) is 16.9 Å². The molecule has 0 radical (unpaired) electrons. The van der Waals surface area contributed by atoms with Crippen LogP contribution in [0.1, 0.15) is 15.9 Å². The van der Waals surface area contributed by atoms with Gasteiger partial charge < -0.3 is 15.7 Å². The Hall–Kier alpha value is -2.74. The lowest BCUT2D eigenvalue weighted by molar-refractivity contribution is -0.137. The summed E-state index contributed by atoms with van der Waals surface area (Å²) in [5, 5.41) is 12.9. The fourth-order valence-corrected chi connectivity index (χ4v) is 2.03. The summed E-state index contributed by atoms with van der Waals surface area (Å²) in [7, 11) is 0. The number of amides is 2. The quantitative estimate of drug-likeness (QED) is 0.744. The van der Waals surface area contributed by atoms with Crippen LogP contribution < -0.4 is 10.6 Å². The monoisotopic (exact) mass is 358 g/mol. The maximum atomic E-state index is 12.8. The largest absolute Gasteiger partial charge is 0.478 e. The number of hydrogen-bond donors (Lipinski definition) is 3. The van der Waals surface area contributed by atoms with Crippen molar-refractivity contribution in [2.45, 2.75) is 6.18 Å². The number of hydrogen-bond acceptors (Lipinski definition) is 2. The SMILES string of the molecule is O=C(Nc1ccc(C(=O)O)cc1)Nc1ccc(Cl)c(C(F)(F)F)c1. The lowest BCUT2D eigenvalue weighted by atomic mass is 10.2. The van der Waals surface area contributed by atoms with Crippen molar-refractivity contribution in [1.29, 1.82) is 0 Å². The van der Waals surface area contributed by atoms with Crippen molar-refractivity contribution < 1.29 is 27.9 Å². The van der Waals surface area contributed by atoms with Gasteiger partial charge in [-0.2, -0.15) is 13.2 Å². The third-order valence-electron chi connectivity index (χ3n) is 2.92. The Kier molecular flexibility index (Phi) is 4.99. The molecule has 0 atom stereocenters. The van der Waals surface area contributed by atoms with Crippen LogP contribution in [-0.4, -0.2) is 17.1 Å². The average molecular weight is 359 g/mol. The third-order valence-corrected chi connectivity index (χ3v) is 3.25. The van der Waals surface area contributed by atoms with Crippen LogP contribution in [0.5, 0.6) is 0 Å². The van der Waals surface area contributed by atoms with Crippen LogP contribution in [0.3, 0.4) is 0 Å². The Morgan fingerprint density at radius 1 is 0.958 bits per heavy atom. The van der Waals surface area contributed by atoms with Crippen LogP contribution in [0.25, 0.3) is 0 Å². The molecular weight excluding hydrogens is 349 g/mol. The maximum Gasteiger partial charge on any atom is 0.417 e. The summed E-state index contributed by atoms with van der Waals surface area (Å²) in [5.74, 6) is -1.12. The van der Waals surface area contributed by atoms with Gasteiger partial charge in [0, 0.05) is 11.4 Å². The molecule has 0 aromatic heterocycles. The van der Waals surface area contributed by atoms with Crippen molar-refractivity contribution in [3.05, 3.63) is 58.6 Å². The number of aromatic carboxylic acids is 1. The fraction of sp³-hybridized carbons (Fsp3) is 0.0667. The van der Waals surface area contributed by atoms with E-state index in [4.69, 9.17) is 16.7 Å². The van der Waals surface area contributed by atoms with Gasteiger partial charge in [-0.1, -0.05) is 11.6 Å². The molecule has 0 spiro atoms. The molecule has 2 amide bonds. The Labute approximate surface area is 139 Å². The highest BCUT2D eigenvalue weighted by atomic mass is 35.5. The summed E-state index contributed by atoms with van der Waals surface area (Å²) in [5.41, 5.74) is -0.838. The van der Waals surface area contributed by atoms with E-state index in [1.807, 2.05) is 0 Å². The minimum Gasteiger partial charge on any atom is -0.478 e. The van der Waals surface area contributed by atoms with E-state index in [0.717, 1.165) is 12.1 Å². The van der Waals surface area contributed by atoms with E-state index in [1.165, 1.54) is 30.3 Å². The molecule has 0 unspecified atom stereocenters. The summed E-state index contributed by atoms with van der Waals surface area (Å²) in [6.07, 6.45) is -4.64. The number of carbonyl (C=O) groups excluding carboxylic acids is 1. The first-order valence-corrected chi connectivity index (χ1v) is 6.83. The number of anilines is 2. The zero-order valence-electron chi connectivity index (χ0n) is 11.8. The Morgan fingerprint density at radius 3 is 2.04 bits per heavy atom. The van der Waals surface area contributed by atoms with E-state index in [2.05, 4.69) is 10.6 Å². The van der Waals surface area contributed by atoms with Gasteiger partial charge in [-0.3, -0.25) is 0 Å². The molecular formula is C15H10ClF3N2O3. The number of carboxylic acids is 1. The summed E-state index contributed by atoms with van der Waals surface area (Å²) in [6.45, 7) is 0. The molecule has 0 fully saturated rings. The van der Waals surface area contributed by atoms with E-state index < -0.39 is 28.8 Å². The second-order valence-electron chi connectivity index (χ2n) is 4.65. The van der Waals surface area contributed by atoms with Gasteiger partial charge >= 0.3 is 18.2 Å². The molecule has 0 aliphatic rings. The molecule has 0 bridgehead atoms. The lowest BCUT2D eigenvalue weighted by Gasteiger charge is -2.12. The van der Waals surface area contributed by atoms with Gasteiger partial charge in [0.1, 0.15) is 0 Å². The first-order valence-electron chi connectivity index (χ1n) is 6.45. The molecule has 9 heteroatoms. The lowest BCUT2D eigenvalue weighted by Crippen LogP contribution is -2.20. The topological polar surface area (TPSA) is 78.4 Å². The van der Waals surface area contributed by atoms with Gasteiger partial charge in [0.15, 0.2) is 0 Å². The molecule has 2 rings (SSSR count). The second kappa shape index (κ2) is 6.79. The average Bonchev–Trinajstić information content (AvgIpc) is 2.48. The first kappa shape index (κ1) is 17.6. The van der Waals surface area contributed by atoms with Gasteiger partial charge in [0.25, 0.3) is 0 Å². The van der Waals surface area contributed by atoms with Crippen LogP contribution >= 0.6 is 11.6 Å². The number of alkyl halides is 3. The number of carbonyl (C=O) groups is 2. The minimum atomic E-state index is -4.64. The smallest absolute Gasteiger partial charge is 0.417 e. The van der Waals surface area contributed by atoms with E-state index in [1.54, 1.807) is 0 Å². The Morgan fingerprint density at radius 2 is 1.50 bits per heavy atom. The fourth-order valence-electron chi connectivity index (χ4n) is 1.81. The molecule has 0 heterocycles. The van der Waals surface area contributed by atoms with Gasteiger partial charge in [-0.15, -0.1) is 0 Å². The molecule has 0 aliphatic carbocycles.